The Morgan fingerprint density at radius 1 is 1.18 bits per heavy atom. The number of halogens is 2. The Kier molecular flexibility index (Phi) is 5.00. The van der Waals surface area contributed by atoms with Gasteiger partial charge in [-0.2, -0.15) is 0 Å². The maximum Gasteiger partial charge on any atom is 0.276 e. The normalized spacial score (nSPS) is 17.5. The molecule has 0 saturated carbocycles. The van der Waals surface area contributed by atoms with Crippen LogP contribution in [0.5, 0.6) is 0 Å². The molecule has 0 radical (unpaired) electrons. The summed E-state index contributed by atoms with van der Waals surface area (Å²) < 4.78 is 58.3. The molecule has 1 aliphatic rings. The van der Waals surface area contributed by atoms with E-state index in [4.69, 9.17) is 4.42 Å². The predicted octanol–water partition coefficient (Wildman–Crippen LogP) is 3.89. The number of rotatable bonds is 4. The fraction of sp³-hybridized carbons (Fsp3) is 0.227. The zero-order chi connectivity index (χ0) is 23.3. The molecule has 0 aliphatic carbocycles. The van der Waals surface area contributed by atoms with Gasteiger partial charge in [0.05, 0.1) is 29.3 Å². The van der Waals surface area contributed by atoms with E-state index in [9.17, 15) is 22.0 Å². The zero-order valence-corrected chi connectivity index (χ0v) is 18.2. The van der Waals surface area contributed by atoms with E-state index in [1.807, 2.05) is 4.57 Å². The number of aryl methyl sites for hydroxylation is 1. The highest BCUT2D eigenvalue weighted by Crippen LogP contribution is 2.32. The van der Waals surface area contributed by atoms with Gasteiger partial charge in [0.25, 0.3) is 5.91 Å². The van der Waals surface area contributed by atoms with E-state index in [0.29, 0.717) is 29.2 Å². The van der Waals surface area contributed by atoms with Gasteiger partial charge in [-0.05, 0) is 43.7 Å². The average molecular weight is 472 g/mol. The number of imidazole rings is 1. The second-order valence-electron chi connectivity index (χ2n) is 7.87. The molecule has 1 fully saturated rings. The van der Waals surface area contributed by atoms with Gasteiger partial charge >= 0.3 is 0 Å². The summed E-state index contributed by atoms with van der Waals surface area (Å²) in [5, 5.41) is 2.52. The van der Waals surface area contributed by atoms with Gasteiger partial charge in [0.15, 0.2) is 32.9 Å². The molecule has 1 atom stereocenters. The van der Waals surface area contributed by atoms with Crippen LogP contribution in [0, 0.1) is 18.6 Å². The van der Waals surface area contributed by atoms with E-state index < -0.39 is 27.4 Å². The smallest absolute Gasteiger partial charge is 0.276 e. The molecule has 5 rings (SSSR count). The van der Waals surface area contributed by atoms with E-state index in [0.717, 1.165) is 12.1 Å². The van der Waals surface area contributed by atoms with Gasteiger partial charge in [-0.25, -0.2) is 27.2 Å². The van der Waals surface area contributed by atoms with Gasteiger partial charge < -0.3 is 14.3 Å². The number of nitrogens with zero attached hydrogens (tertiary/aromatic N) is 3. The van der Waals surface area contributed by atoms with Gasteiger partial charge in [-0.15, -0.1) is 0 Å². The molecule has 1 N–H and O–H groups in total. The maximum atomic E-state index is 13.6. The van der Waals surface area contributed by atoms with E-state index in [2.05, 4.69) is 15.3 Å². The Hall–Kier alpha value is -3.60. The van der Waals surface area contributed by atoms with Crippen LogP contribution in [-0.2, 0) is 9.84 Å². The lowest BCUT2D eigenvalue weighted by Gasteiger charge is -2.14. The fourth-order valence-corrected chi connectivity index (χ4v) is 5.82. The van der Waals surface area contributed by atoms with Gasteiger partial charge in [0, 0.05) is 11.8 Å². The van der Waals surface area contributed by atoms with Crippen molar-refractivity contribution in [2.24, 2.45) is 0 Å². The van der Waals surface area contributed by atoms with E-state index in [1.54, 1.807) is 25.1 Å². The van der Waals surface area contributed by atoms with Crippen LogP contribution < -0.4 is 5.32 Å². The number of hydrogen-bond acceptors (Lipinski definition) is 6. The number of furan rings is 1. The molecule has 4 aromatic rings. The number of aromatic nitrogens is 3. The third-order valence-electron chi connectivity index (χ3n) is 5.59. The lowest BCUT2D eigenvalue weighted by molar-refractivity contribution is 0.102. The molecule has 1 saturated heterocycles. The monoisotopic (exact) mass is 472 g/mol. The van der Waals surface area contributed by atoms with Crippen LogP contribution in [0.15, 0.2) is 47.1 Å². The Balaban J connectivity index is 1.65. The number of anilines is 1. The predicted molar refractivity (Wildman–Crippen MR) is 117 cm³/mol. The van der Waals surface area contributed by atoms with E-state index >= 15 is 0 Å². The second-order valence-corrected chi connectivity index (χ2v) is 10.1. The van der Waals surface area contributed by atoms with Crippen LogP contribution >= 0.6 is 0 Å². The van der Waals surface area contributed by atoms with Crippen LogP contribution in [0.1, 0.15) is 28.8 Å². The van der Waals surface area contributed by atoms with E-state index in [1.165, 1.54) is 12.3 Å². The number of hydrogen-bond donors (Lipinski definition) is 1. The van der Waals surface area contributed by atoms with Gasteiger partial charge in [-0.1, -0.05) is 0 Å². The molecule has 0 spiro atoms. The molecular formula is C22H18F2N4O4S. The number of amides is 1. The third kappa shape index (κ3) is 3.88. The minimum absolute atomic E-state index is 0.0197. The summed E-state index contributed by atoms with van der Waals surface area (Å²) >= 11 is 0. The number of sulfone groups is 1. The van der Waals surface area contributed by atoms with Crippen molar-refractivity contribution < 1.29 is 26.4 Å². The number of pyridine rings is 1. The second kappa shape index (κ2) is 7.77. The maximum absolute atomic E-state index is 13.6. The molecule has 170 valence electrons. The molecule has 4 heterocycles. The summed E-state index contributed by atoms with van der Waals surface area (Å²) in [5.74, 6) is -1.81. The highest BCUT2D eigenvalue weighted by Gasteiger charge is 2.32. The number of benzene rings is 1. The highest BCUT2D eigenvalue weighted by molar-refractivity contribution is 7.91. The van der Waals surface area contributed by atoms with Crippen LogP contribution in [0.3, 0.4) is 0 Å². The van der Waals surface area contributed by atoms with Crippen molar-refractivity contribution in [2.75, 3.05) is 16.8 Å². The van der Waals surface area contributed by atoms with Crippen LogP contribution in [0.4, 0.5) is 14.5 Å². The summed E-state index contributed by atoms with van der Waals surface area (Å²) in [6, 6.07) is 7.74. The molecule has 33 heavy (non-hydrogen) atoms. The van der Waals surface area contributed by atoms with Gasteiger partial charge in [0.1, 0.15) is 17.0 Å². The van der Waals surface area contributed by atoms with Gasteiger partial charge in [0.2, 0.25) is 0 Å². The lowest BCUT2D eigenvalue weighted by Crippen LogP contribution is -2.16. The summed E-state index contributed by atoms with van der Waals surface area (Å²) in [6.07, 6.45) is 1.90. The third-order valence-corrected chi connectivity index (χ3v) is 7.34. The first-order valence-corrected chi connectivity index (χ1v) is 11.9. The summed E-state index contributed by atoms with van der Waals surface area (Å²) in [6.45, 7) is 1.73. The van der Waals surface area contributed by atoms with Crippen LogP contribution in [0.2, 0.25) is 0 Å². The first kappa shape index (κ1) is 21.3. The molecular weight excluding hydrogens is 454 g/mol. The molecule has 1 amide bonds. The largest absolute Gasteiger partial charge is 0.463 e. The molecule has 0 bridgehead atoms. The fourth-order valence-electron chi connectivity index (χ4n) is 4.12. The minimum Gasteiger partial charge on any atom is -0.463 e. The van der Waals surface area contributed by atoms with Gasteiger partial charge in [-0.3, -0.25) is 4.79 Å². The Morgan fingerprint density at radius 3 is 2.67 bits per heavy atom. The Labute approximate surface area is 187 Å². The van der Waals surface area contributed by atoms with Crippen molar-refractivity contribution in [1.82, 2.24) is 14.5 Å². The first-order valence-electron chi connectivity index (χ1n) is 10.1. The van der Waals surface area contributed by atoms with Crippen LogP contribution in [0.25, 0.3) is 22.5 Å². The minimum atomic E-state index is -3.16. The molecule has 11 heteroatoms. The first-order chi connectivity index (χ1) is 15.7. The Morgan fingerprint density at radius 2 is 2.00 bits per heavy atom. The van der Waals surface area contributed by atoms with E-state index in [-0.39, 0.29) is 34.4 Å². The quantitative estimate of drug-likeness (QED) is 0.483. The summed E-state index contributed by atoms with van der Waals surface area (Å²) in [4.78, 5) is 22.0. The molecule has 8 nitrogen and oxygen atoms in total. The number of fused-ring (bicyclic) bond motifs is 1. The zero-order valence-electron chi connectivity index (χ0n) is 17.4. The lowest BCUT2D eigenvalue weighted by atomic mass is 10.2. The van der Waals surface area contributed by atoms with Crippen molar-refractivity contribution in [1.29, 1.82) is 0 Å². The average Bonchev–Trinajstić information content (AvgIpc) is 3.48. The Bertz CT molecular complexity index is 1500. The molecule has 1 aliphatic heterocycles. The molecule has 3 aromatic heterocycles. The number of carbonyl (C=O) groups excluding carboxylic acids is 1. The SMILES string of the molecule is Cc1nc2c(C(=O)Nc3ccc(F)c(F)c3)nc(-c3ccco3)cc2n1C1CCS(=O)(=O)C1. The van der Waals surface area contributed by atoms with Crippen molar-refractivity contribution in [3.8, 4) is 11.5 Å². The topological polar surface area (TPSA) is 107 Å². The van der Waals surface area contributed by atoms with Crippen molar-refractivity contribution >= 4 is 32.5 Å². The summed E-state index contributed by atoms with van der Waals surface area (Å²) in [5.41, 5.74) is 1.16. The van der Waals surface area contributed by atoms with Crippen molar-refractivity contribution in [2.45, 2.75) is 19.4 Å². The van der Waals surface area contributed by atoms with Crippen LogP contribution in [-0.4, -0.2) is 40.4 Å². The molecule has 1 aromatic carbocycles. The number of carbonyl (C=O) groups is 1. The standard InChI is InChI=1S/C22H18F2N4O4S/c1-12-25-20-18(28(12)14-6-8-33(30,31)11-14)10-17(19-3-2-7-32-19)27-21(20)22(29)26-13-4-5-15(23)16(24)9-13/h2-5,7,9-10,14H,6,8,11H2,1H3,(H,26,29). The molecule has 1 unspecified atom stereocenters. The summed E-state index contributed by atoms with van der Waals surface area (Å²) in [7, 11) is -3.16. The van der Waals surface area contributed by atoms with Crippen molar-refractivity contribution in [3.63, 3.8) is 0 Å². The highest BCUT2D eigenvalue weighted by atomic mass is 32.2. The van der Waals surface area contributed by atoms with Crippen molar-refractivity contribution in [3.05, 3.63) is 65.8 Å². The number of nitrogens with one attached hydrogen (secondary N) is 1.